The Labute approximate surface area is 197 Å². The Hall–Kier alpha value is -3.05. The van der Waals surface area contributed by atoms with Crippen LogP contribution in [0.1, 0.15) is 19.8 Å². The van der Waals surface area contributed by atoms with E-state index in [4.69, 9.17) is 4.74 Å². The molecule has 1 heterocycles. The van der Waals surface area contributed by atoms with E-state index >= 15 is 0 Å². The number of amides is 2. The maximum atomic E-state index is 13.8. The Morgan fingerprint density at radius 1 is 1.09 bits per heavy atom. The molecule has 2 aromatic carbocycles. The first-order valence-electron chi connectivity index (χ1n) is 10.8. The predicted octanol–water partition coefficient (Wildman–Crippen LogP) is 2.86. The van der Waals surface area contributed by atoms with Gasteiger partial charge in [0.2, 0.25) is 21.8 Å². The van der Waals surface area contributed by atoms with Crippen molar-refractivity contribution in [3.05, 3.63) is 54.1 Å². The van der Waals surface area contributed by atoms with Gasteiger partial charge in [0.05, 0.1) is 18.6 Å². The minimum absolute atomic E-state index is 0.144. The lowest BCUT2D eigenvalue weighted by Crippen LogP contribution is -2.46. The van der Waals surface area contributed by atoms with Gasteiger partial charge in [-0.15, -0.1) is 0 Å². The summed E-state index contributed by atoms with van der Waals surface area (Å²) >= 11 is 0. The number of rotatable bonds is 8. The molecule has 1 saturated heterocycles. The Morgan fingerprint density at radius 2 is 1.68 bits per heavy atom. The van der Waals surface area contributed by atoms with Crippen molar-refractivity contribution in [1.82, 2.24) is 9.21 Å². The highest BCUT2D eigenvalue weighted by molar-refractivity contribution is 7.89. The van der Waals surface area contributed by atoms with Crippen LogP contribution in [0.3, 0.4) is 0 Å². The maximum Gasteiger partial charge on any atom is 0.244 e. The highest BCUT2D eigenvalue weighted by Crippen LogP contribution is 2.26. The summed E-state index contributed by atoms with van der Waals surface area (Å²) in [6.45, 7) is 1.87. The van der Waals surface area contributed by atoms with Crippen molar-refractivity contribution in [2.24, 2.45) is 5.92 Å². The molecular formula is C23H27F2N3O5S. The Bertz CT molecular complexity index is 1110. The zero-order valence-electron chi connectivity index (χ0n) is 19.0. The van der Waals surface area contributed by atoms with Crippen molar-refractivity contribution in [2.45, 2.75) is 24.7 Å². The number of halogens is 2. The van der Waals surface area contributed by atoms with Crippen LogP contribution in [0.15, 0.2) is 47.4 Å². The van der Waals surface area contributed by atoms with E-state index in [0.717, 1.165) is 12.1 Å². The summed E-state index contributed by atoms with van der Waals surface area (Å²) in [5, 5.41) is 2.18. The number of likely N-dealkylation sites (N-methyl/N-ethyl adjacent to an activating group) is 1. The third kappa shape index (κ3) is 5.71. The number of hydrogen-bond acceptors (Lipinski definition) is 5. The first-order chi connectivity index (χ1) is 16.2. The van der Waals surface area contributed by atoms with Gasteiger partial charge in [-0.1, -0.05) is 6.07 Å². The molecule has 11 heteroatoms. The van der Waals surface area contributed by atoms with Gasteiger partial charge in [-0.2, -0.15) is 4.31 Å². The molecule has 0 bridgehead atoms. The van der Waals surface area contributed by atoms with Crippen molar-refractivity contribution in [1.29, 1.82) is 0 Å². The number of nitrogens with zero attached hydrogens (tertiary/aromatic N) is 2. The predicted molar refractivity (Wildman–Crippen MR) is 122 cm³/mol. The molecule has 0 atom stereocenters. The molecule has 0 saturated carbocycles. The lowest BCUT2D eigenvalue weighted by Gasteiger charge is -2.33. The zero-order valence-corrected chi connectivity index (χ0v) is 19.8. The van der Waals surface area contributed by atoms with Crippen LogP contribution in [0.5, 0.6) is 5.75 Å². The van der Waals surface area contributed by atoms with E-state index in [1.54, 1.807) is 19.1 Å². The highest BCUT2D eigenvalue weighted by Gasteiger charge is 2.34. The van der Waals surface area contributed by atoms with Gasteiger partial charge in [-0.3, -0.25) is 9.59 Å². The fourth-order valence-electron chi connectivity index (χ4n) is 3.81. The number of nitrogens with one attached hydrogen (secondary N) is 1. The molecule has 1 aliphatic heterocycles. The van der Waals surface area contributed by atoms with Crippen LogP contribution in [0.2, 0.25) is 0 Å². The lowest BCUT2D eigenvalue weighted by molar-refractivity contribution is -0.139. The van der Waals surface area contributed by atoms with Gasteiger partial charge < -0.3 is 15.0 Å². The molecule has 34 heavy (non-hydrogen) atoms. The molecule has 2 amide bonds. The molecule has 0 aliphatic carbocycles. The summed E-state index contributed by atoms with van der Waals surface area (Å²) in [5.41, 5.74) is -0.562. The van der Waals surface area contributed by atoms with E-state index < -0.39 is 39.2 Å². The fourth-order valence-corrected chi connectivity index (χ4v) is 5.28. The summed E-state index contributed by atoms with van der Waals surface area (Å²) in [6.07, 6.45) is 0.600. The molecular weight excluding hydrogens is 468 g/mol. The van der Waals surface area contributed by atoms with Crippen LogP contribution in [0, 0.1) is 17.6 Å². The number of carbonyl (C=O) groups is 2. The number of anilines is 1. The second-order valence-corrected chi connectivity index (χ2v) is 9.79. The molecule has 0 radical (unpaired) electrons. The van der Waals surface area contributed by atoms with Gasteiger partial charge in [-0.25, -0.2) is 17.2 Å². The topological polar surface area (TPSA) is 96.0 Å². The first-order valence-corrected chi connectivity index (χ1v) is 12.3. The summed E-state index contributed by atoms with van der Waals surface area (Å²) in [5.74, 6) is -2.75. The number of sulfonamides is 1. The van der Waals surface area contributed by atoms with Crippen molar-refractivity contribution in [2.75, 3.05) is 38.6 Å². The zero-order chi connectivity index (χ0) is 24.9. The number of hydrogen-bond donors (Lipinski definition) is 1. The van der Waals surface area contributed by atoms with Crippen LogP contribution in [0.4, 0.5) is 14.5 Å². The molecule has 0 spiro atoms. The van der Waals surface area contributed by atoms with Crippen molar-refractivity contribution < 1.29 is 31.5 Å². The summed E-state index contributed by atoms with van der Waals surface area (Å²) < 4.78 is 59.8. The van der Waals surface area contributed by atoms with Gasteiger partial charge in [0.1, 0.15) is 23.1 Å². The Kier molecular flexibility index (Phi) is 8.21. The van der Waals surface area contributed by atoms with Crippen LogP contribution in [0.25, 0.3) is 0 Å². The van der Waals surface area contributed by atoms with Gasteiger partial charge >= 0.3 is 0 Å². The van der Waals surface area contributed by atoms with E-state index in [1.807, 2.05) is 0 Å². The SMILES string of the molecule is CCN(CC(=O)Nc1c(F)cccc1F)C(=O)C1CCN(S(=O)(=O)c2ccc(OC)cc2)CC1. The molecule has 0 unspecified atom stereocenters. The standard InChI is InChI=1S/C23H27F2N3O5S/c1-3-27(15-21(29)26-22-19(24)5-4-6-20(22)25)23(30)16-11-13-28(14-12-16)34(31,32)18-9-7-17(33-2)8-10-18/h4-10,16H,3,11-15H2,1-2H3,(H,26,29). The highest BCUT2D eigenvalue weighted by atomic mass is 32.2. The van der Waals surface area contributed by atoms with E-state index in [2.05, 4.69) is 5.32 Å². The van der Waals surface area contributed by atoms with E-state index in [1.165, 1.54) is 34.5 Å². The van der Waals surface area contributed by atoms with Gasteiger partial charge in [0, 0.05) is 25.6 Å². The summed E-state index contributed by atoms with van der Waals surface area (Å²) in [7, 11) is -2.21. The number of methoxy groups -OCH3 is 1. The third-order valence-electron chi connectivity index (χ3n) is 5.76. The molecule has 3 rings (SSSR count). The normalized spacial score (nSPS) is 15.1. The quantitative estimate of drug-likeness (QED) is 0.608. The number of ether oxygens (including phenoxy) is 1. The smallest absolute Gasteiger partial charge is 0.244 e. The molecule has 8 nitrogen and oxygen atoms in total. The fraction of sp³-hybridized carbons (Fsp3) is 0.391. The molecule has 1 fully saturated rings. The Morgan fingerprint density at radius 3 is 2.21 bits per heavy atom. The van der Waals surface area contributed by atoms with Crippen LogP contribution in [-0.2, 0) is 19.6 Å². The van der Waals surface area contributed by atoms with Crippen LogP contribution < -0.4 is 10.1 Å². The van der Waals surface area contributed by atoms with Crippen LogP contribution >= 0.6 is 0 Å². The Balaban J connectivity index is 1.59. The maximum absolute atomic E-state index is 13.8. The number of piperidine rings is 1. The second-order valence-electron chi connectivity index (χ2n) is 7.85. The summed E-state index contributed by atoms with van der Waals surface area (Å²) in [4.78, 5) is 26.7. The molecule has 0 aromatic heterocycles. The number of para-hydroxylation sites is 1. The van der Waals surface area contributed by atoms with E-state index in [9.17, 15) is 26.8 Å². The van der Waals surface area contributed by atoms with Crippen molar-refractivity contribution in [3.8, 4) is 5.75 Å². The second kappa shape index (κ2) is 10.9. The largest absolute Gasteiger partial charge is 0.497 e. The van der Waals surface area contributed by atoms with E-state index in [-0.39, 0.29) is 37.0 Å². The lowest BCUT2D eigenvalue weighted by atomic mass is 9.96. The first kappa shape index (κ1) is 25.6. The average Bonchev–Trinajstić information content (AvgIpc) is 2.84. The average molecular weight is 496 g/mol. The van der Waals surface area contributed by atoms with Crippen LogP contribution in [-0.4, -0.2) is 62.7 Å². The number of benzene rings is 2. The molecule has 1 aliphatic rings. The van der Waals surface area contributed by atoms with Gasteiger partial charge in [0.25, 0.3) is 0 Å². The monoisotopic (exact) mass is 495 g/mol. The molecule has 1 N–H and O–H groups in total. The minimum Gasteiger partial charge on any atom is -0.497 e. The number of carbonyl (C=O) groups excluding carboxylic acids is 2. The van der Waals surface area contributed by atoms with Gasteiger partial charge in [0.15, 0.2) is 0 Å². The molecule has 2 aromatic rings. The van der Waals surface area contributed by atoms with Crippen molar-refractivity contribution >= 4 is 27.5 Å². The molecule has 184 valence electrons. The summed E-state index contributed by atoms with van der Waals surface area (Å²) in [6, 6.07) is 9.32. The van der Waals surface area contributed by atoms with Crippen molar-refractivity contribution in [3.63, 3.8) is 0 Å². The van der Waals surface area contributed by atoms with E-state index in [0.29, 0.717) is 18.6 Å². The van der Waals surface area contributed by atoms with Gasteiger partial charge in [-0.05, 0) is 56.2 Å². The minimum atomic E-state index is -3.71. The third-order valence-corrected chi connectivity index (χ3v) is 7.67.